The Hall–Kier alpha value is -2.11. The zero-order valence-electron chi connectivity index (χ0n) is 7.93. The van der Waals surface area contributed by atoms with Gasteiger partial charge < -0.3 is 9.52 Å². The highest BCUT2D eigenvalue weighted by atomic mass is 16.4. The van der Waals surface area contributed by atoms with E-state index in [1.54, 1.807) is 19.2 Å². The van der Waals surface area contributed by atoms with Crippen molar-refractivity contribution < 1.29 is 14.3 Å². The van der Waals surface area contributed by atoms with Gasteiger partial charge in [0.15, 0.2) is 0 Å². The average molecular weight is 208 g/mol. The molecule has 0 bridgehead atoms. The quantitative estimate of drug-likeness (QED) is 0.771. The summed E-state index contributed by atoms with van der Waals surface area (Å²) in [6.07, 6.45) is 1.55. The van der Waals surface area contributed by atoms with Gasteiger partial charge in [-0.3, -0.25) is 9.36 Å². The average Bonchev–Trinajstić information content (AvgIpc) is 2.43. The second kappa shape index (κ2) is 3.23. The van der Waals surface area contributed by atoms with Gasteiger partial charge in [0, 0.05) is 6.20 Å². The predicted octanol–water partition coefficient (Wildman–Crippen LogP) is 0.383. The molecule has 0 saturated carbocycles. The van der Waals surface area contributed by atoms with Crippen LogP contribution in [0.1, 0.15) is 5.56 Å². The first kappa shape index (κ1) is 9.45. The molecule has 78 valence electrons. The van der Waals surface area contributed by atoms with Crippen molar-refractivity contribution in [1.82, 2.24) is 9.55 Å². The predicted molar refractivity (Wildman–Crippen MR) is 50.6 cm³/mol. The number of hydrogen-bond donors (Lipinski definition) is 1. The van der Waals surface area contributed by atoms with E-state index < -0.39 is 18.3 Å². The fourth-order valence-electron chi connectivity index (χ4n) is 1.33. The third kappa shape index (κ3) is 1.61. The summed E-state index contributed by atoms with van der Waals surface area (Å²) < 4.78 is 5.83. The Morgan fingerprint density at radius 3 is 3.07 bits per heavy atom. The number of aliphatic carboxylic acids is 1. The first-order chi connectivity index (χ1) is 7.08. The van der Waals surface area contributed by atoms with Gasteiger partial charge in [0.1, 0.15) is 12.1 Å². The Balaban J connectivity index is 2.70. The van der Waals surface area contributed by atoms with E-state index >= 15 is 0 Å². The molecule has 6 heteroatoms. The summed E-state index contributed by atoms with van der Waals surface area (Å²) >= 11 is 0. The molecule has 0 atom stereocenters. The number of hydrogen-bond acceptors (Lipinski definition) is 4. The molecule has 2 aromatic rings. The molecule has 0 aromatic carbocycles. The molecule has 1 N–H and O–H groups in total. The van der Waals surface area contributed by atoms with Crippen LogP contribution in [0, 0.1) is 6.92 Å². The van der Waals surface area contributed by atoms with Gasteiger partial charge in [0.25, 0.3) is 0 Å². The van der Waals surface area contributed by atoms with Crippen LogP contribution in [0.25, 0.3) is 11.2 Å². The minimum atomic E-state index is -1.10. The number of oxazole rings is 1. The van der Waals surface area contributed by atoms with Gasteiger partial charge in [-0.2, -0.15) is 0 Å². The molecule has 0 aliphatic carbocycles. The normalized spacial score (nSPS) is 10.7. The van der Waals surface area contributed by atoms with Crippen molar-refractivity contribution in [3.05, 3.63) is 28.4 Å². The number of pyridine rings is 1. The number of rotatable bonds is 2. The smallest absolute Gasteiger partial charge is 0.421 e. The molecule has 0 aliphatic heterocycles. The molecule has 2 heterocycles. The van der Waals surface area contributed by atoms with Crippen LogP contribution in [-0.4, -0.2) is 20.6 Å². The van der Waals surface area contributed by atoms with Gasteiger partial charge in [-0.05, 0) is 18.6 Å². The molecule has 2 rings (SSSR count). The molecular weight excluding hydrogens is 200 g/mol. The summed E-state index contributed by atoms with van der Waals surface area (Å²) in [7, 11) is 0. The maximum absolute atomic E-state index is 11.3. The summed E-state index contributed by atoms with van der Waals surface area (Å²) in [5, 5.41) is 8.62. The van der Waals surface area contributed by atoms with Crippen molar-refractivity contribution >= 4 is 17.2 Å². The molecule has 0 saturated heterocycles. The largest absolute Gasteiger partial charge is 0.480 e. The van der Waals surface area contributed by atoms with E-state index in [0.717, 1.165) is 10.1 Å². The van der Waals surface area contributed by atoms with Gasteiger partial charge >= 0.3 is 11.7 Å². The highest BCUT2D eigenvalue weighted by Crippen LogP contribution is 2.11. The molecule has 0 amide bonds. The SMILES string of the molecule is Cc1cnc2oc(=O)n(CC(=O)O)c2c1. The molecule has 15 heavy (non-hydrogen) atoms. The second-order valence-electron chi connectivity index (χ2n) is 3.18. The third-order valence-electron chi connectivity index (χ3n) is 1.96. The summed E-state index contributed by atoms with van der Waals surface area (Å²) in [6.45, 7) is 1.38. The van der Waals surface area contributed by atoms with E-state index in [2.05, 4.69) is 4.98 Å². The van der Waals surface area contributed by atoms with Crippen molar-refractivity contribution in [3.63, 3.8) is 0 Å². The fraction of sp³-hybridized carbons (Fsp3) is 0.222. The lowest BCUT2D eigenvalue weighted by molar-refractivity contribution is -0.137. The van der Waals surface area contributed by atoms with E-state index in [0.29, 0.717) is 5.52 Å². The van der Waals surface area contributed by atoms with Crippen LogP contribution in [0.15, 0.2) is 21.5 Å². The standard InChI is InChI=1S/C9H8N2O4/c1-5-2-6-8(10-3-5)15-9(14)11(6)4-7(12)13/h2-3H,4H2,1H3,(H,12,13). The molecule has 0 fully saturated rings. The van der Waals surface area contributed by atoms with E-state index in [4.69, 9.17) is 9.52 Å². The van der Waals surface area contributed by atoms with Gasteiger partial charge in [-0.15, -0.1) is 0 Å². The zero-order valence-corrected chi connectivity index (χ0v) is 7.93. The molecule has 6 nitrogen and oxygen atoms in total. The van der Waals surface area contributed by atoms with E-state index in [1.165, 1.54) is 0 Å². The number of carbonyl (C=O) groups is 1. The van der Waals surface area contributed by atoms with Crippen LogP contribution < -0.4 is 5.76 Å². The maximum Gasteiger partial charge on any atom is 0.421 e. The van der Waals surface area contributed by atoms with Crippen molar-refractivity contribution in [2.75, 3.05) is 0 Å². The van der Waals surface area contributed by atoms with Gasteiger partial charge in [-0.1, -0.05) is 0 Å². The highest BCUT2D eigenvalue weighted by Gasteiger charge is 2.12. The van der Waals surface area contributed by atoms with Gasteiger partial charge in [-0.25, -0.2) is 9.78 Å². The third-order valence-corrected chi connectivity index (χ3v) is 1.96. The van der Waals surface area contributed by atoms with Crippen LogP contribution in [0.5, 0.6) is 0 Å². The molecule has 0 radical (unpaired) electrons. The van der Waals surface area contributed by atoms with E-state index in [9.17, 15) is 9.59 Å². The van der Waals surface area contributed by atoms with E-state index in [-0.39, 0.29) is 5.71 Å². The topological polar surface area (TPSA) is 85.3 Å². The minimum Gasteiger partial charge on any atom is -0.480 e. The second-order valence-corrected chi connectivity index (χ2v) is 3.18. The Morgan fingerprint density at radius 1 is 1.67 bits per heavy atom. The lowest BCUT2D eigenvalue weighted by atomic mass is 10.3. The number of carboxylic acids is 1. The summed E-state index contributed by atoms with van der Waals surface area (Å²) in [5.74, 6) is -1.80. The van der Waals surface area contributed by atoms with Crippen LogP contribution in [0.3, 0.4) is 0 Å². The minimum absolute atomic E-state index is 0.159. The number of nitrogens with zero attached hydrogens (tertiary/aromatic N) is 2. The van der Waals surface area contributed by atoms with Crippen LogP contribution in [-0.2, 0) is 11.3 Å². The number of carboxylic acid groups (broad SMARTS) is 1. The number of fused-ring (bicyclic) bond motifs is 1. The Kier molecular flexibility index (Phi) is 2.03. The summed E-state index contributed by atoms with van der Waals surface area (Å²) in [5.41, 5.74) is 1.40. The lowest BCUT2D eigenvalue weighted by Crippen LogP contribution is -2.19. The van der Waals surface area contributed by atoms with Crippen molar-refractivity contribution in [2.24, 2.45) is 0 Å². The lowest BCUT2D eigenvalue weighted by Gasteiger charge is -1.96. The first-order valence-corrected chi connectivity index (χ1v) is 4.25. The summed E-state index contributed by atoms with van der Waals surface area (Å²) in [4.78, 5) is 25.7. The first-order valence-electron chi connectivity index (χ1n) is 4.25. The van der Waals surface area contributed by atoms with Crippen LogP contribution in [0.2, 0.25) is 0 Å². The van der Waals surface area contributed by atoms with Crippen molar-refractivity contribution in [2.45, 2.75) is 13.5 Å². The Labute approximate surface area is 83.8 Å². The molecule has 0 unspecified atom stereocenters. The monoisotopic (exact) mass is 208 g/mol. The Morgan fingerprint density at radius 2 is 2.40 bits per heavy atom. The fourth-order valence-corrected chi connectivity index (χ4v) is 1.33. The maximum atomic E-state index is 11.3. The van der Waals surface area contributed by atoms with Crippen LogP contribution >= 0.6 is 0 Å². The van der Waals surface area contributed by atoms with Crippen molar-refractivity contribution in [1.29, 1.82) is 0 Å². The molecule has 0 aliphatic rings. The van der Waals surface area contributed by atoms with Crippen molar-refractivity contribution in [3.8, 4) is 0 Å². The molecule has 2 aromatic heterocycles. The molecular formula is C9H8N2O4. The highest BCUT2D eigenvalue weighted by molar-refractivity contribution is 5.73. The number of aryl methyl sites for hydroxylation is 1. The van der Waals surface area contributed by atoms with E-state index in [1.807, 2.05) is 0 Å². The Bertz CT molecular complexity index is 581. The zero-order chi connectivity index (χ0) is 11.0. The van der Waals surface area contributed by atoms with Crippen LogP contribution in [0.4, 0.5) is 0 Å². The number of aromatic nitrogens is 2. The summed E-state index contributed by atoms with van der Waals surface area (Å²) in [6, 6.07) is 1.66. The van der Waals surface area contributed by atoms with Gasteiger partial charge in [0.2, 0.25) is 5.71 Å². The molecule has 0 spiro atoms. The van der Waals surface area contributed by atoms with Gasteiger partial charge in [0.05, 0.1) is 0 Å².